The van der Waals surface area contributed by atoms with Crippen LogP contribution in [0.15, 0.2) is 6.07 Å². The molecule has 2 aliphatic heterocycles. The molecule has 2 aliphatic rings. The number of thiocarbonyl (C=S) groups is 1. The third-order valence-corrected chi connectivity index (χ3v) is 5.84. The summed E-state index contributed by atoms with van der Waals surface area (Å²) in [6, 6.07) is 2.66. The molecular formula is C20H34N6OS. The summed E-state index contributed by atoms with van der Waals surface area (Å²) in [6.45, 7) is 8.99. The molecule has 156 valence electrons. The van der Waals surface area contributed by atoms with E-state index in [9.17, 15) is 0 Å². The Morgan fingerprint density at radius 2 is 2.00 bits per heavy atom. The molecule has 0 spiro atoms. The van der Waals surface area contributed by atoms with Crippen molar-refractivity contribution in [1.29, 1.82) is 0 Å². The van der Waals surface area contributed by atoms with Crippen LogP contribution in [0.2, 0.25) is 0 Å². The van der Waals surface area contributed by atoms with Crippen LogP contribution in [-0.4, -0.2) is 61.0 Å². The first kappa shape index (κ1) is 21.0. The highest BCUT2D eigenvalue weighted by Gasteiger charge is 2.24. The monoisotopic (exact) mass is 406 g/mol. The van der Waals surface area contributed by atoms with E-state index in [0.717, 1.165) is 31.3 Å². The van der Waals surface area contributed by atoms with Crippen LogP contribution in [0.1, 0.15) is 46.0 Å². The van der Waals surface area contributed by atoms with Gasteiger partial charge in [0.1, 0.15) is 11.6 Å². The Balaban J connectivity index is 1.82. The summed E-state index contributed by atoms with van der Waals surface area (Å²) in [5.41, 5.74) is 0. The summed E-state index contributed by atoms with van der Waals surface area (Å²) in [5.74, 6) is 3.25. The summed E-state index contributed by atoms with van der Waals surface area (Å²) in [5, 5.41) is 6.84. The first-order valence-corrected chi connectivity index (χ1v) is 10.9. The van der Waals surface area contributed by atoms with Crippen LogP contribution in [-0.2, 0) is 4.74 Å². The van der Waals surface area contributed by atoms with Gasteiger partial charge in [-0.1, -0.05) is 6.92 Å². The van der Waals surface area contributed by atoms with Crippen LogP contribution in [0.3, 0.4) is 0 Å². The number of methoxy groups -OCH3 is 1. The van der Waals surface area contributed by atoms with E-state index in [1.54, 1.807) is 7.11 Å². The Labute approximate surface area is 174 Å². The molecule has 3 rings (SSSR count). The maximum Gasteiger partial charge on any atom is 0.232 e. The highest BCUT2D eigenvalue weighted by molar-refractivity contribution is 7.80. The first-order valence-electron chi connectivity index (χ1n) is 10.5. The maximum atomic E-state index is 5.41. The lowest BCUT2D eigenvalue weighted by Gasteiger charge is -2.36. The van der Waals surface area contributed by atoms with E-state index < -0.39 is 0 Å². The molecule has 0 saturated carbocycles. The molecule has 1 aromatic rings. The van der Waals surface area contributed by atoms with E-state index in [1.807, 2.05) is 0 Å². The zero-order valence-electron chi connectivity index (χ0n) is 17.4. The van der Waals surface area contributed by atoms with Gasteiger partial charge in [-0.25, -0.2) is 0 Å². The van der Waals surface area contributed by atoms with Crippen molar-refractivity contribution < 1.29 is 4.74 Å². The lowest BCUT2D eigenvalue weighted by atomic mass is 10.0. The maximum absolute atomic E-state index is 5.41. The molecule has 0 aliphatic carbocycles. The quantitative estimate of drug-likeness (QED) is 0.552. The zero-order chi connectivity index (χ0) is 19.9. The van der Waals surface area contributed by atoms with Gasteiger partial charge in [0.05, 0.1) is 6.61 Å². The Morgan fingerprint density at radius 3 is 2.75 bits per heavy atom. The summed E-state index contributed by atoms with van der Waals surface area (Å²) in [6.07, 6.45) is 6.21. The van der Waals surface area contributed by atoms with E-state index in [4.69, 9.17) is 26.9 Å². The predicted octanol–water partition coefficient (Wildman–Crippen LogP) is 3.02. The van der Waals surface area contributed by atoms with Crippen molar-refractivity contribution in [1.82, 2.24) is 15.3 Å². The molecule has 7 nitrogen and oxygen atoms in total. The van der Waals surface area contributed by atoms with Gasteiger partial charge in [-0.2, -0.15) is 9.97 Å². The highest BCUT2D eigenvalue weighted by atomic mass is 32.1. The first-order chi connectivity index (χ1) is 13.6. The summed E-state index contributed by atoms with van der Waals surface area (Å²) in [7, 11) is 1.68. The van der Waals surface area contributed by atoms with Crippen LogP contribution in [0.4, 0.5) is 17.6 Å². The van der Waals surface area contributed by atoms with Gasteiger partial charge in [0.25, 0.3) is 0 Å². The number of hydrogen-bond acceptors (Lipinski definition) is 6. The number of hydrogen-bond donors (Lipinski definition) is 2. The van der Waals surface area contributed by atoms with Crippen molar-refractivity contribution in [2.75, 3.05) is 55.0 Å². The summed E-state index contributed by atoms with van der Waals surface area (Å²) >= 11 is 5.41. The SMILES string of the molecule is COCCNC(=S)Nc1nc(N2CCC[C@H](C)C2)cc(N2CCCC[C@@H]2C)n1. The largest absolute Gasteiger partial charge is 0.383 e. The number of piperidine rings is 2. The molecule has 3 heterocycles. The van der Waals surface area contributed by atoms with Gasteiger partial charge in [-0.15, -0.1) is 0 Å². The molecule has 28 heavy (non-hydrogen) atoms. The van der Waals surface area contributed by atoms with Crippen molar-refractivity contribution in [3.05, 3.63) is 6.07 Å². The number of nitrogens with one attached hydrogen (secondary N) is 2. The normalized spacial score (nSPS) is 22.8. The van der Waals surface area contributed by atoms with Crippen LogP contribution in [0.5, 0.6) is 0 Å². The summed E-state index contributed by atoms with van der Waals surface area (Å²) < 4.78 is 5.07. The molecule has 0 aromatic carbocycles. The minimum Gasteiger partial charge on any atom is -0.383 e. The number of ether oxygens (including phenoxy) is 1. The van der Waals surface area contributed by atoms with Crippen molar-refractivity contribution in [2.45, 2.75) is 52.0 Å². The Hall–Kier alpha value is -1.67. The van der Waals surface area contributed by atoms with E-state index in [1.165, 1.54) is 32.1 Å². The molecule has 2 saturated heterocycles. The number of nitrogens with zero attached hydrogens (tertiary/aromatic N) is 4. The molecule has 2 N–H and O–H groups in total. The standard InChI is InChI=1S/C20H34N6OS/c1-15-7-6-10-25(14-15)17-13-18(26-11-5-4-8-16(26)2)23-19(22-17)24-20(28)21-9-12-27-3/h13,15-16H,4-12,14H2,1-3H3,(H2,21,22,23,24,28)/t15-,16-/m0/s1. The van der Waals surface area contributed by atoms with Gasteiger partial charge >= 0.3 is 0 Å². The topological polar surface area (TPSA) is 65.6 Å². The molecule has 0 radical (unpaired) electrons. The lowest BCUT2D eigenvalue weighted by molar-refractivity contribution is 0.204. The molecule has 0 bridgehead atoms. The van der Waals surface area contributed by atoms with Gasteiger partial charge in [0.15, 0.2) is 5.11 Å². The Morgan fingerprint density at radius 1 is 1.18 bits per heavy atom. The van der Waals surface area contributed by atoms with Gasteiger partial charge < -0.3 is 25.2 Å². The minimum atomic E-state index is 0.497. The number of rotatable bonds is 6. The molecular weight excluding hydrogens is 372 g/mol. The fraction of sp³-hybridized carbons (Fsp3) is 0.750. The Bertz CT molecular complexity index is 658. The average molecular weight is 407 g/mol. The van der Waals surface area contributed by atoms with E-state index in [2.05, 4.69) is 40.3 Å². The Kier molecular flexibility index (Phi) is 7.67. The predicted molar refractivity (Wildman–Crippen MR) is 119 cm³/mol. The van der Waals surface area contributed by atoms with Crippen LogP contribution in [0.25, 0.3) is 0 Å². The summed E-state index contributed by atoms with van der Waals surface area (Å²) in [4.78, 5) is 14.4. The third-order valence-electron chi connectivity index (χ3n) is 5.59. The van der Waals surface area contributed by atoms with Gasteiger partial charge in [-0.3, -0.25) is 0 Å². The highest BCUT2D eigenvalue weighted by Crippen LogP contribution is 2.29. The fourth-order valence-electron chi connectivity index (χ4n) is 4.04. The second kappa shape index (κ2) is 10.2. The van der Waals surface area contributed by atoms with Crippen LogP contribution < -0.4 is 20.4 Å². The van der Waals surface area contributed by atoms with Crippen molar-refractivity contribution >= 4 is 34.9 Å². The molecule has 1 aromatic heterocycles. The second-order valence-corrected chi connectivity index (χ2v) is 8.42. The average Bonchev–Trinajstić information content (AvgIpc) is 2.68. The number of anilines is 3. The van der Waals surface area contributed by atoms with Gasteiger partial charge in [-0.05, 0) is 57.2 Å². The van der Waals surface area contributed by atoms with Gasteiger partial charge in [0, 0.05) is 45.4 Å². The van der Waals surface area contributed by atoms with E-state index >= 15 is 0 Å². The molecule has 0 unspecified atom stereocenters. The second-order valence-electron chi connectivity index (χ2n) is 8.01. The van der Waals surface area contributed by atoms with Gasteiger partial charge in [0.2, 0.25) is 5.95 Å². The minimum absolute atomic E-state index is 0.497. The molecule has 8 heteroatoms. The zero-order valence-corrected chi connectivity index (χ0v) is 18.2. The third kappa shape index (κ3) is 5.67. The van der Waals surface area contributed by atoms with Crippen molar-refractivity contribution in [3.63, 3.8) is 0 Å². The molecule has 2 fully saturated rings. The smallest absolute Gasteiger partial charge is 0.232 e. The fourth-order valence-corrected chi connectivity index (χ4v) is 4.23. The lowest BCUT2D eigenvalue weighted by Crippen LogP contribution is -2.39. The van der Waals surface area contributed by atoms with Crippen molar-refractivity contribution in [2.24, 2.45) is 5.92 Å². The molecule has 0 amide bonds. The molecule has 2 atom stereocenters. The number of aromatic nitrogens is 2. The van der Waals surface area contributed by atoms with Crippen LogP contribution >= 0.6 is 12.2 Å². The van der Waals surface area contributed by atoms with Crippen LogP contribution in [0, 0.1) is 5.92 Å². The van der Waals surface area contributed by atoms with E-state index in [0.29, 0.717) is 36.2 Å². The van der Waals surface area contributed by atoms with E-state index in [-0.39, 0.29) is 0 Å². The van der Waals surface area contributed by atoms with Crippen molar-refractivity contribution in [3.8, 4) is 0 Å².